The maximum Gasteiger partial charge on any atom is 0.234 e. The minimum atomic E-state index is -0.121. The van der Waals surface area contributed by atoms with Crippen LogP contribution in [0.4, 0.5) is 11.4 Å². The van der Waals surface area contributed by atoms with E-state index >= 15 is 0 Å². The molecule has 0 unspecified atom stereocenters. The zero-order valence-electron chi connectivity index (χ0n) is 17.5. The first-order valence-corrected chi connectivity index (χ1v) is 11.2. The minimum absolute atomic E-state index is 0.121. The number of anilines is 2. The van der Waals surface area contributed by atoms with Crippen molar-refractivity contribution in [2.24, 2.45) is 0 Å². The van der Waals surface area contributed by atoms with Crippen molar-refractivity contribution in [1.82, 2.24) is 14.9 Å². The number of nitrogens with two attached hydrogens (primary N) is 1. The van der Waals surface area contributed by atoms with Crippen LogP contribution >= 0.6 is 11.8 Å². The molecular formula is C22H26N6O2S. The number of piperidine rings is 1. The van der Waals surface area contributed by atoms with Crippen LogP contribution in [0.15, 0.2) is 53.7 Å². The number of carbonyl (C=O) groups excluding carboxylic acids is 1. The molecule has 2 aromatic carbocycles. The maximum absolute atomic E-state index is 12.4. The summed E-state index contributed by atoms with van der Waals surface area (Å²) in [6.07, 6.45) is 3.78. The predicted molar refractivity (Wildman–Crippen MR) is 124 cm³/mol. The molecule has 1 amide bonds. The van der Waals surface area contributed by atoms with Crippen LogP contribution in [0.5, 0.6) is 5.75 Å². The van der Waals surface area contributed by atoms with Crippen LogP contribution in [0, 0.1) is 0 Å². The van der Waals surface area contributed by atoms with Crippen molar-refractivity contribution < 1.29 is 9.53 Å². The summed E-state index contributed by atoms with van der Waals surface area (Å²) in [6.45, 7) is 2.20. The lowest BCUT2D eigenvalue weighted by Gasteiger charge is -2.28. The van der Waals surface area contributed by atoms with E-state index in [1.165, 1.54) is 41.4 Å². The fourth-order valence-electron chi connectivity index (χ4n) is 3.55. The van der Waals surface area contributed by atoms with Gasteiger partial charge in [-0.15, -0.1) is 10.2 Å². The third kappa shape index (κ3) is 5.11. The molecule has 2 heterocycles. The number of nitrogens with one attached hydrogen (secondary N) is 1. The highest BCUT2D eigenvalue weighted by Gasteiger charge is 2.15. The minimum Gasteiger partial charge on any atom is -0.497 e. The first-order chi connectivity index (χ1) is 15.1. The van der Waals surface area contributed by atoms with Crippen LogP contribution in [0.1, 0.15) is 19.3 Å². The Hall–Kier alpha value is -3.20. The molecule has 1 saturated heterocycles. The summed E-state index contributed by atoms with van der Waals surface area (Å²) in [6, 6.07) is 15.4. The van der Waals surface area contributed by atoms with Gasteiger partial charge in [0.05, 0.1) is 12.9 Å². The topological polar surface area (TPSA) is 98.3 Å². The molecule has 31 heavy (non-hydrogen) atoms. The predicted octanol–water partition coefficient (Wildman–Crippen LogP) is 3.39. The third-order valence-corrected chi connectivity index (χ3v) is 6.16. The van der Waals surface area contributed by atoms with E-state index < -0.39 is 0 Å². The van der Waals surface area contributed by atoms with Crippen LogP contribution in [0.3, 0.4) is 0 Å². The average Bonchev–Trinajstić information content (AvgIpc) is 3.19. The monoisotopic (exact) mass is 438 g/mol. The summed E-state index contributed by atoms with van der Waals surface area (Å²) < 4.78 is 6.56. The number of rotatable bonds is 7. The van der Waals surface area contributed by atoms with Crippen LogP contribution in [-0.4, -0.2) is 46.7 Å². The van der Waals surface area contributed by atoms with Crippen molar-refractivity contribution in [2.75, 3.05) is 42.0 Å². The second-order valence-electron chi connectivity index (χ2n) is 7.34. The number of ether oxygens (including phenoxy) is 1. The van der Waals surface area contributed by atoms with Gasteiger partial charge in [0, 0.05) is 30.0 Å². The van der Waals surface area contributed by atoms with E-state index in [1.54, 1.807) is 7.11 Å². The van der Waals surface area contributed by atoms with Gasteiger partial charge in [-0.05, 0) is 67.8 Å². The summed E-state index contributed by atoms with van der Waals surface area (Å²) in [4.78, 5) is 14.8. The van der Waals surface area contributed by atoms with Crippen molar-refractivity contribution in [3.63, 3.8) is 0 Å². The molecule has 0 aliphatic carbocycles. The van der Waals surface area contributed by atoms with Crippen LogP contribution in [0.25, 0.3) is 11.4 Å². The second-order valence-corrected chi connectivity index (χ2v) is 8.28. The molecule has 0 atom stereocenters. The zero-order chi connectivity index (χ0) is 21.6. The molecular weight excluding hydrogens is 412 g/mol. The van der Waals surface area contributed by atoms with Crippen LogP contribution in [0.2, 0.25) is 0 Å². The number of methoxy groups -OCH3 is 1. The molecule has 0 bridgehead atoms. The van der Waals surface area contributed by atoms with E-state index in [4.69, 9.17) is 10.6 Å². The lowest BCUT2D eigenvalue weighted by atomic mass is 10.1. The van der Waals surface area contributed by atoms with Crippen molar-refractivity contribution in [3.05, 3.63) is 48.5 Å². The number of aromatic nitrogens is 3. The Labute approximate surface area is 185 Å². The van der Waals surface area contributed by atoms with Gasteiger partial charge in [0.25, 0.3) is 0 Å². The molecule has 3 aromatic rings. The van der Waals surface area contributed by atoms with Gasteiger partial charge in [-0.3, -0.25) is 4.79 Å². The third-order valence-electron chi connectivity index (χ3n) is 5.22. The van der Waals surface area contributed by atoms with Gasteiger partial charge in [0.1, 0.15) is 5.75 Å². The Kier molecular flexibility index (Phi) is 6.61. The number of hydrogen-bond acceptors (Lipinski definition) is 7. The smallest absolute Gasteiger partial charge is 0.234 e. The molecule has 0 spiro atoms. The molecule has 0 saturated carbocycles. The fourth-order valence-corrected chi connectivity index (χ4v) is 4.20. The number of hydrogen-bond donors (Lipinski definition) is 2. The number of amides is 1. The molecule has 0 radical (unpaired) electrons. The summed E-state index contributed by atoms with van der Waals surface area (Å²) in [7, 11) is 1.61. The van der Waals surface area contributed by atoms with Gasteiger partial charge in [-0.1, -0.05) is 11.8 Å². The Morgan fingerprint density at radius 3 is 2.45 bits per heavy atom. The van der Waals surface area contributed by atoms with E-state index in [9.17, 15) is 4.79 Å². The zero-order valence-corrected chi connectivity index (χ0v) is 18.3. The first-order valence-electron chi connectivity index (χ1n) is 10.3. The fraction of sp³-hybridized carbons (Fsp3) is 0.318. The Morgan fingerprint density at radius 2 is 1.77 bits per heavy atom. The lowest BCUT2D eigenvalue weighted by molar-refractivity contribution is -0.113. The molecule has 1 aliphatic heterocycles. The maximum atomic E-state index is 12.4. The number of carbonyl (C=O) groups is 1. The van der Waals surface area contributed by atoms with E-state index in [0.29, 0.717) is 11.0 Å². The van der Waals surface area contributed by atoms with Crippen LogP contribution in [-0.2, 0) is 4.79 Å². The van der Waals surface area contributed by atoms with Gasteiger partial charge in [-0.25, -0.2) is 4.68 Å². The highest BCUT2D eigenvalue weighted by molar-refractivity contribution is 7.99. The van der Waals surface area contributed by atoms with E-state index in [1.807, 2.05) is 36.4 Å². The van der Waals surface area contributed by atoms with Crippen molar-refractivity contribution in [2.45, 2.75) is 24.4 Å². The van der Waals surface area contributed by atoms with Gasteiger partial charge in [0.15, 0.2) is 5.82 Å². The number of nitrogens with zero attached hydrogens (tertiary/aromatic N) is 4. The standard InChI is InChI=1S/C22H26N6O2S/c1-30-19-11-5-16(6-12-19)21-25-26-22(28(21)23)31-15-20(29)24-17-7-9-18(10-8-17)27-13-3-2-4-14-27/h5-12H,2-4,13-15,23H2,1H3,(H,24,29). The molecule has 1 aliphatic rings. The normalized spacial score (nSPS) is 13.8. The lowest BCUT2D eigenvalue weighted by Crippen LogP contribution is -2.29. The highest BCUT2D eigenvalue weighted by Crippen LogP contribution is 2.24. The molecule has 8 nitrogen and oxygen atoms in total. The Balaban J connectivity index is 1.32. The quantitative estimate of drug-likeness (QED) is 0.431. The van der Waals surface area contributed by atoms with E-state index in [-0.39, 0.29) is 11.7 Å². The molecule has 1 fully saturated rings. The average molecular weight is 439 g/mol. The summed E-state index contributed by atoms with van der Waals surface area (Å²) >= 11 is 1.24. The molecule has 162 valence electrons. The molecule has 9 heteroatoms. The highest BCUT2D eigenvalue weighted by atomic mass is 32.2. The van der Waals surface area contributed by atoms with E-state index in [0.717, 1.165) is 30.1 Å². The van der Waals surface area contributed by atoms with Gasteiger partial charge in [0.2, 0.25) is 11.1 Å². The Bertz CT molecular complexity index is 1010. The second kappa shape index (κ2) is 9.74. The molecule has 3 N–H and O–H groups in total. The summed E-state index contributed by atoms with van der Waals surface area (Å²) in [5.41, 5.74) is 2.80. The largest absolute Gasteiger partial charge is 0.497 e. The molecule has 4 rings (SSSR count). The summed E-state index contributed by atoms with van der Waals surface area (Å²) in [5, 5.41) is 11.7. The van der Waals surface area contributed by atoms with Gasteiger partial charge >= 0.3 is 0 Å². The summed E-state index contributed by atoms with van der Waals surface area (Å²) in [5.74, 6) is 7.48. The Morgan fingerprint density at radius 1 is 1.06 bits per heavy atom. The molecule has 1 aromatic heterocycles. The van der Waals surface area contributed by atoms with Crippen molar-refractivity contribution in [1.29, 1.82) is 0 Å². The van der Waals surface area contributed by atoms with Crippen LogP contribution < -0.4 is 20.8 Å². The number of benzene rings is 2. The van der Waals surface area contributed by atoms with Gasteiger partial charge < -0.3 is 20.8 Å². The van der Waals surface area contributed by atoms with Crippen molar-refractivity contribution in [3.8, 4) is 17.1 Å². The first kappa shape index (κ1) is 21.0. The van der Waals surface area contributed by atoms with Gasteiger partial charge in [-0.2, -0.15) is 0 Å². The number of nitrogen functional groups attached to an aromatic ring is 1. The van der Waals surface area contributed by atoms with Crippen molar-refractivity contribution >= 4 is 29.0 Å². The SMILES string of the molecule is COc1ccc(-c2nnc(SCC(=O)Nc3ccc(N4CCCCC4)cc3)n2N)cc1. The van der Waals surface area contributed by atoms with E-state index in [2.05, 4.69) is 32.5 Å². The number of thioether (sulfide) groups is 1.